The van der Waals surface area contributed by atoms with Gasteiger partial charge in [0.25, 0.3) is 6.43 Å². The molecule has 1 rings (SSSR count). The topological polar surface area (TPSA) is 62.7 Å². The normalized spacial score (nSPS) is 10.2. The molecule has 1 heterocycles. The van der Waals surface area contributed by atoms with E-state index in [4.69, 9.17) is 11.0 Å². The lowest BCUT2D eigenvalue weighted by Gasteiger charge is -2.08. The van der Waals surface area contributed by atoms with Crippen LogP contribution in [0, 0.1) is 18.3 Å². The Morgan fingerprint density at radius 2 is 2.29 bits per heavy atom. The molecule has 0 aliphatic carbocycles. The summed E-state index contributed by atoms with van der Waals surface area (Å²) in [5, 5.41) is 8.43. The number of rotatable bonds is 2. The van der Waals surface area contributed by atoms with E-state index < -0.39 is 12.1 Å². The van der Waals surface area contributed by atoms with Gasteiger partial charge in [-0.05, 0) is 24.1 Å². The maximum absolute atomic E-state index is 12.4. The van der Waals surface area contributed by atoms with Crippen molar-refractivity contribution in [2.75, 3.05) is 5.73 Å². The van der Waals surface area contributed by atoms with Crippen LogP contribution in [0.15, 0.2) is 6.07 Å². The van der Waals surface area contributed by atoms with Gasteiger partial charge in [0, 0.05) is 0 Å². The highest BCUT2D eigenvalue weighted by atomic mass is 19.3. The van der Waals surface area contributed by atoms with Gasteiger partial charge in [0.2, 0.25) is 0 Å². The summed E-state index contributed by atoms with van der Waals surface area (Å²) in [6.07, 6.45) is -2.77. The number of nitrogens with zero attached hydrogens (tertiary/aromatic N) is 2. The Morgan fingerprint density at radius 3 is 2.79 bits per heavy atom. The second-order valence-corrected chi connectivity index (χ2v) is 2.87. The summed E-state index contributed by atoms with van der Waals surface area (Å²) < 4.78 is 24.9. The van der Waals surface area contributed by atoms with Gasteiger partial charge in [-0.25, -0.2) is 13.8 Å². The van der Waals surface area contributed by atoms with E-state index in [1.54, 1.807) is 6.92 Å². The maximum Gasteiger partial charge on any atom is 0.280 e. The Balaban J connectivity index is 3.25. The SMILES string of the molecule is Cc1cc(CC#N)c(C(F)F)nc1N. The number of nitriles is 1. The highest BCUT2D eigenvalue weighted by Gasteiger charge is 2.16. The van der Waals surface area contributed by atoms with Gasteiger partial charge in [0.05, 0.1) is 12.5 Å². The summed E-state index contributed by atoms with van der Waals surface area (Å²) in [6, 6.07) is 3.29. The van der Waals surface area contributed by atoms with E-state index in [1.165, 1.54) is 6.07 Å². The van der Waals surface area contributed by atoms with E-state index >= 15 is 0 Å². The first-order valence-electron chi connectivity index (χ1n) is 3.97. The zero-order chi connectivity index (χ0) is 10.7. The van der Waals surface area contributed by atoms with E-state index in [9.17, 15) is 8.78 Å². The third kappa shape index (κ3) is 1.96. The minimum absolute atomic E-state index is 0.0756. The molecule has 0 saturated heterocycles. The number of pyridine rings is 1. The van der Waals surface area contributed by atoms with Gasteiger partial charge in [0.15, 0.2) is 0 Å². The molecular formula is C9H9F2N3. The molecule has 2 N–H and O–H groups in total. The van der Waals surface area contributed by atoms with Gasteiger partial charge < -0.3 is 5.73 Å². The molecule has 0 spiro atoms. The summed E-state index contributed by atoms with van der Waals surface area (Å²) in [5.41, 5.74) is 5.86. The van der Waals surface area contributed by atoms with Crippen molar-refractivity contribution in [2.24, 2.45) is 0 Å². The van der Waals surface area contributed by atoms with Crippen molar-refractivity contribution in [3.63, 3.8) is 0 Å². The molecule has 1 aromatic rings. The van der Waals surface area contributed by atoms with Crippen molar-refractivity contribution in [3.8, 4) is 6.07 Å². The second kappa shape index (κ2) is 4.01. The van der Waals surface area contributed by atoms with Gasteiger partial charge in [-0.15, -0.1) is 0 Å². The van der Waals surface area contributed by atoms with Crippen molar-refractivity contribution in [2.45, 2.75) is 19.8 Å². The van der Waals surface area contributed by atoms with Crippen LogP contribution >= 0.6 is 0 Å². The Bertz CT molecular complexity index is 382. The van der Waals surface area contributed by atoms with Gasteiger partial charge in [-0.1, -0.05) is 0 Å². The lowest BCUT2D eigenvalue weighted by atomic mass is 10.1. The molecule has 0 atom stereocenters. The summed E-state index contributed by atoms with van der Waals surface area (Å²) in [7, 11) is 0. The van der Waals surface area contributed by atoms with Crippen LogP contribution in [0.3, 0.4) is 0 Å². The lowest BCUT2D eigenvalue weighted by molar-refractivity contribution is 0.145. The summed E-state index contributed by atoms with van der Waals surface area (Å²) in [4.78, 5) is 3.57. The minimum atomic E-state index is -2.69. The van der Waals surface area contributed by atoms with Crippen LogP contribution in [0.4, 0.5) is 14.6 Å². The fourth-order valence-corrected chi connectivity index (χ4v) is 1.11. The van der Waals surface area contributed by atoms with Gasteiger partial charge in [-0.2, -0.15) is 5.26 Å². The Kier molecular flexibility index (Phi) is 2.97. The maximum atomic E-state index is 12.4. The highest BCUT2D eigenvalue weighted by Crippen LogP contribution is 2.24. The third-order valence-corrected chi connectivity index (χ3v) is 1.84. The number of nitrogen functional groups attached to an aromatic ring is 1. The largest absolute Gasteiger partial charge is 0.383 e. The highest BCUT2D eigenvalue weighted by molar-refractivity contribution is 5.43. The van der Waals surface area contributed by atoms with E-state index in [1.807, 2.05) is 6.07 Å². The molecule has 1 aromatic heterocycles. The zero-order valence-electron chi connectivity index (χ0n) is 7.59. The molecule has 14 heavy (non-hydrogen) atoms. The van der Waals surface area contributed by atoms with E-state index in [0.717, 1.165) is 0 Å². The van der Waals surface area contributed by atoms with E-state index in [-0.39, 0.29) is 17.8 Å². The molecule has 0 bridgehead atoms. The van der Waals surface area contributed by atoms with Crippen LogP contribution < -0.4 is 5.73 Å². The number of hydrogen-bond acceptors (Lipinski definition) is 3. The molecule has 0 saturated carbocycles. The number of hydrogen-bond donors (Lipinski definition) is 1. The fraction of sp³-hybridized carbons (Fsp3) is 0.333. The van der Waals surface area contributed by atoms with Crippen molar-refractivity contribution >= 4 is 5.82 Å². The summed E-state index contributed by atoms with van der Waals surface area (Å²) in [6.45, 7) is 1.67. The van der Waals surface area contributed by atoms with Crippen molar-refractivity contribution < 1.29 is 8.78 Å². The number of anilines is 1. The van der Waals surface area contributed by atoms with Gasteiger partial charge in [-0.3, -0.25) is 0 Å². The van der Waals surface area contributed by atoms with Crippen LogP contribution in [-0.2, 0) is 6.42 Å². The van der Waals surface area contributed by atoms with E-state index in [0.29, 0.717) is 5.56 Å². The number of nitrogens with two attached hydrogens (primary N) is 1. The van der Waals surface area contributed by atoms with Crippen LogP contribution in [0.2, 0.25) is 0 Å². The molecule has 0 radical (unpaired) electrons. The van der Waals surface area contributed by atoms with Crippen LogP contribution in [0.1, 0.15) is 23.2 Å². The summed E-state index contributed by atoms with van der Waals surface area (Å²) in [5.74, 6) is 0.0852. The summed E-state index contributed by atoms with van der Waals surface area (Å²) >= 11 is 0. The predicted octanol–water partition coefficient (Wildman–Crippen LogP) is 1.98. The van der Waals surface area contributed by atoms with Crippen LogP contribution in [0.5, 0.6) is 0 Å². The van der Waals surface area contributed by atoms with Crippen molar-refractivity contribution in [3.05, 3.63) is 22.9 Å². The number of halogens is 2. The molecule has 3 nitrogen and oxygen atoms in total. The monoisotopic (exact) mass is 197 g/mol. The Hall–Kier alpha value is -1.70. The predicted molar refractivity (Wildman–Crippen MR) is 47.7 cm³/mol. The quantitative estimate of drug-likeness (QED) is 0.788. The first-order valence-corrected chi connectivity index (χ1v) is 3.97. The molecule has 0 aliphatic rings. The van der Waals surface area contributed by atoms with E-state index in [2.05, 4.69) is 4.98 Å². The average molecular weight is 197 g/mol. The molecule has 0 unspecified atom stereocenters. The first-order chi connectivity index (χ1) is 6.56. The molecule has 0 aliphatic heterocycles. The molecule has 0 fully saturated rings. The molecule has 5 heteroatoms. The molecule has 74 valence electrons. The molecule has 0 aromatic carbocycles. The number of alkyl halides is 2. The standard InChI is InChI=1S/C9H9F2N3/c1-5-4-6(2-3-12)7(8(10)11)14-9(5)13/h4,8H,2H2,1H3,(H2,13,14). The van der Waals surface area contributed by atoms with Crippen LogP contribution in [-0.4, -0.2) is 4.98 Å². The fourth-order valence-electron chi connectivity index (χ4n) is 1.11. The second-order valence-electron chi connectivity index (χ2n) is 2.87. The Labute approximate surface area is 80.2 Å². The van der Waals surface area contributed by atoms with Crippen molar-refractivity contribution in [1.82, 2.24) is 4.98 Å². The molecule has 0 amide bonds. The third-order valence-electron chi connectivity index (χ3n) is 1.84. The van der Waals surface area contributed by atoms with Gasteiger partial charge in [0.1, 0.15) is 11.5 Å². The Morgan fingerprint density at radius 1 is 1.64 bits per heavy atom. The lowest BCUT2D eigenvalue weighted by Crippen LogP contribution is -2.04. The minimum Gasteiger partial charge on any atom is -0.383 e. The molecular weight excluding hydrogens is 188 g/mol. The number of aromatic nitrogens is 1. The van der Waals surface area contributed by atoms with Gasteiger partial charge >= 0.3 is 0 Å². The zero-order valence-corrected chi connectivity index (χ0v) is 7.59. The smallest absolute Gasteiger partial charge is 0.280 e. The number of aryl methyl sites for hydroxylation is 1. The van der Waals surface area contributed by atoms with Crippen molar-refractivity contribution in [1.29, 1.82) is 5.26 Å². The van der Waals surface area contributed by atoms with Crippen LogP contribution in [0.25, 0.3) is 0 Å². The average Bonchev–Trinajstić information content (AvgIpc) is 2.11. The first kappa shape index (κ1) is 10.4.